The molecule has 0 bridgehead atoms. The number of primary amides is 1. The van der Waals surface area contributed by atoms with Crippen molar-refractivity contribution in [2.75, 3.05) is 23.3 Å². The second kappa shape index (κ2) is 6.65. The van der Waals surface area contributed by atoms with Gasteiger partial charge in [-0.1, -0.05) is 11.3 Å². The van der Waals surface area contributed by atoms with Crippen molar-refractivity contribution in [2.45, 2.75) is 18.9 Å². The Labute approximate surface area is 153 Å². The maximum atomic E-state index is 11.8. The molecule has 26 heavy (non-hydrogen) atoms. The quantitative estimate of drug-likeness (QED) is 0.648. The molecule has 4 rings (SSSR count). The van der Waals surface area contributed by atoms with Crippen molar-refractivity contribution >= 4 is 39.1 Å². The number of aromatic nitrogens is 3. The number of H-pyrrole nitrogens is 1. The zero-order valence-electron chi connectivity index (χ0n) is 13.9. The summed E-state index contributed by atoms with van der Waals surface area (Å²) in [6.07, 6.45) is 6.72. The van der Waals surface area contributed by atoms with E-state index in [0.717, 1.165) is 47.8 Å². The number of hydrogen-bond donors (Lipinski definition) is 3. The lowest BCUT2D eigenvalue weighted by Gasteiger charge is -2.33. The molecule has 1 amide bonds. The van der Waals surface area contributed by atoms with E-state index >= 15 is 0 Å². The van der Waals surface area contributed by atoms with Gasteiger partial charge in [-0.2, -0.15) is 5.26 Å². The molecule has 1 saturated heterocycles. The average Bonchev–Trinajstić information content (AvgIpc) is 3.31. The smallest absolute Gasteiger partial charge is 0.252 e. The SMILES string of the molecule is N#Cc1cnc(N2CCC(Nc3c(C(N)=O)cnc4[nH]ccc34)CC2)s1. The van der Waals surface area contributed by atoms with Gasteiger partial charge in [0.2, 0.25) is 0 Å². The van der Waals surface area contributed by atoms with Crippen LogP contribution in [0.5, 0.6) is 0 Å². The third kappa shape index (κ3) is 2.95. The Hall–Kier alpha value is -3.12. The summed E-state index contributed by atoms with van der Waals surface area (Å²) in [7, 11) is 0. The van der Waals surface area contributed by atoms with Gasteiger partial charge >= 0.3 is 0 Å². The van der Waals surface area contributed by atoms with E-state index in [9.17, 15) is 4.79 Å². The normalized spacial score (nSPS) is 15.1. The predicted octanol–water partition coefficient (Wildman–Crippen LogP) is 2.07. The number of carbonyl (C=O) groups excluding carboxylic acids is 1. The monoisotopic (exact) mass is 367 g/mol. The fourth-order valence-electron chi connectivity index (χ4n) is 3.23. The number of aromatic amines is 1. The van der Waals surface area contributed by atoms with E-state index in [0.29, 0.717) is 10.4 Å². The lowest BCUT2D eigenvalue weighted by molar-refractivity contribution is 0.100. The van der Waals surface area contributed by atoms with Gasteiger partial charge in [0, 0.05) is 36.9 Å². The lowest BCUT2D eigenvalue weighted by Crippen LogP contribution is -2.39. The largest absolute Gasteiger partial charge is 0.381 e. The number of thiazole rings is 1. The maximum Gasteiger partial charge on any atom is 0.252 e. The maximum absolute atomic E-state index is 11.8. The summed E-state index contributed by atoms with van der Waals surface area (Å²) in [6.45, 7) is 1.67. The molecule has 3 aromatic rings. The van der Waals surface area contributed by atoms with E-state index < -0.39 is 5.91 Å². The summed E-state index contributed by atoms with van der Waals surface area (Å²) in [5, 5.41) is 14.2. The molecule has 132 valence electrons. The summed E-state index contributed by atoms with van der Waals surface area (Å²) in [5.41, 5.74) is 7.39. The van der Waals surface area contributed by atoms with Gasteiger partial charge in [0.1, 0.15) is 16.6 Å². The Morgan fingerprint density at radius 1 is 1.38 bits per heavy atom. The molecule has 0 radical (unpaired) electrons. The standard InChI is InChI=1S/C17H17N7OS/c18-7-11-8-22-17(26-11)24-5-2-10(3-6-24)23-14-12-1-4-20-16(12)21-9-13(14)15(19)25/h1,4,8-10H,2-3,5-6H2,(H2,19,25)(H2,20,21,23). The van der Waals surface area contributed by atoms with Crippen LogP contribution in [-0.2, 0) is 0 Å². The van der Waals surface area contributed by atoms with Crippen molar-refractivity contribution in [1.29, 1.82) is 5.26 Å². The Balaban J connectivity index is 1.50. The van der Waals surface area contributed by atoms with E-state index in [1.165, 1.54) is 17.5 Å². The number of rotatable bonds is 4. The van der Waals surface area contributed by atoms with Crippen molar-refractivity contribution < 1.29 is 4.79 Å². The number of amides is 1. The van der Waals surface area contributed by atoms with Crippen LogP contribution in [0.3, 0.4) is 0 Å². The van der Waals surface area contributed by atoms with Crippen LogP contribution < -0.4 is 16.0 Å². The number of piperidine rings is 1. The number of nitrogens with zero attached hydrogens (tertiary/aromatic N) is 4. The molecule has 1 aliphatic heterocycles. The van der Waals surface area contributed by atoms with Gasteiger partial charge in [-0.05, 0) is 18.9 Å². The van der Waals surface area contributed by atoms with E-state index in [1.54, 1.807) is 12.4 Å². The molecular formula is C17H17N7OS. The van der Waals surface area contributed by atoms with Crippen molar-refractivity contribution in [1.82, 2.24) is 15.0 Å². The van der Waals surface area contributed by atoms with Crippen LogP contribution in [0.25, 0.3) is 11.0 Å². The molecule has 1 aliphatic rings. The van der Waals surface area contributed by atoms with Crippen molar-refractivity contribution in [2.24, 2.45) is 5.73 Å². The number of nitrogens with two attached hydrogens (primary N) is 1. The molecule has 4 N–H and O–H groups in total. The minimum atomic E-state index is -0.493. The van der Waals surface area contributed by atoms with Crippen molar-refractivity contribution in [3.05, 3.63) is 35.1 Å². The number of hydrogen-bond acceptors (Lipinski definition) is 7. The molecule has 0 aromatic carbocycles. The van der Waals surface area contributed by atoms with E-state index in [1.807, 2.05) is 6.07 Å². The first-order valence-electron chi connectivity index (χ1n) is 8.29. The fourth-order valence-corrected chi connectivity index (χ4v) is 4.00. The summed E-state index contributed by atoms with van der Waals surface area (Å²) in [4.78, 5) is 26.2. The first-order valence-corrected chi connectivity index (χ1v) is 9.10. The summed E-state index contributed by atoms with van der Waals surface area (Å²) in [5.74, 6) is -0.493. The molecule has 1 fully saturated rings. The third-order valence-electron chi connectivity index (χ3n) is 4.57. The number of anilines is 2. The number of nitrogens with one attached hydrogen (secondary N) is 2. The van der Waals surface area contributed by atoms with Crippen LogP contribution in [0.2, 0.25) is 0 Å². The van der Waals surface area contributed by atoms with Crippen LogP contribution in [0.1, 0.15) is 28.1 Å². The van der Waals surface area contributed by atoms with E-state index in [-0.39, 0.29) is 6.04 Å². The highest BCUT2D eigenvalue weighted by molar-refractivity contribution is 7.16. The van der Waals surface area contributed by atoms with Gasteiger partial charge in [-0.15, -0.1) is 0 Å². The average molecular weight is 367 g/mol. The topological polar surface area (TPSA) is 124 Å². The zero-order valence-corrected chi connectivity index (χ0v) is 14.7. The number of fused-ring (bicyclic) bond motifs is 1. The summed E-state index contributed by atoms with van der Waals surface area (Å²) in [6, 6.07) is 4.24. The number of pyridine rings is 1. The number of nitriles is 1. The second-order valence-corrected chi connectivity index (χ2v) is 7.18. The van der Waals surface area contributed by atoms with Crippen LogP contribution in [0, 0.1) is 11.3 Å². The van der Waals surface area contributed by atoms with Crippen LogP contribution >= 0.6 is 11.3 Å². The van der Waals surface area contributed by atoms with Gasteiger partial charge in [-0.25, -0.2) is 9.97 Å². The van der Waals surface area contributed by atoms with Gasteiger partial charge in [-0.3, -0.25) is 4.79 Å². The van der Waals surface area contributed by atoms with Crippen LogP contribution in [0.4, 0.5) is 10.8 Å². The minimum absolute atomic E-state index is 0.222. The first kappa shape index (κ1) is 16.4. The molecule has 0 spiro atoms. The third-order valence-corrected chi connectivity index (χ3v) is 5.53. The molecule has 0 unspecified atom stereocenters. The van der Waals surface area contributed by atoms with Gasteiger partial charge in [0.05, 0.1) is 17.4 Å². The fraction of sp³-hybridized carbons (Fsp3) is 0.294. The highest BCUT2D eigenvalue weighted by atomic mass is 32.1. The minimum Gasteiger partial charge on any atom is -0.381 e. The molecule has 0 aliphatic carbocycles. The van der Waals surface area contributed by atoms with E-state index in [2.05, 4.69) is 31.2 Å². The highest BCUT2D eigenvalue weighted by Crippen LogP contribution is 2.29. The van der Waals surface area contributed by atoms with Gasteiger partial charge in [0.25, 0.3) is 5.91 Å². The molecule has 4 heterocycles. The van der Waals surface area contributed by atoms with Crippen LogP contribution in [-0.4, -0.2) is 40.0 Å². The molecule has 3 aromatic heterocycles. The highest BCUT2D eigenvalue weighted by Gasteiger charge is 2.23. The first-order chi connectivity index (χ1) is 12.7. The molecule has 0 atom stereocenters. The van der Waals surface area contributed by atoms with E-state index in [4.69, 9.17) is 11.0 Å². The summed E-state index contributed by atoms with van der Waals surface area (Å²) < 4.78 is 0. The Morgan fingerprint density at radius 3 is 2.88 bits per heavy atom. The van der Waals surface area contributed by atoms with Crippen molar-refractivity contribution in [3.8, 4) is 6.07 Å². The second-order valence-electron chi connectivity index (χ2n) is 6.18. The van der Waals surface area contributed by atoms with Gasteiger partial charge in [0.15, 0.2) is 5.13 Å². The van der Waals surface area contributed by atoms with Gasteiger partial charge < -0.3 is 20.9 Å². The predicted molar refractivity (Wildman–Crippen MR) is 100 cm³/mol. The zero-order chi connectivity index (χ0) is 18.1. The van der Waals surface area contributed by atoms with Crippen LogP contribution in [0.15, 0.2) is 24.7 Å². The lowest BCUT2D eigenvalue weighted by atomic mass is 10.0. The molecule has 8 nitrogen and oxygen atoms in total. The Morgan fingerprint density at radius 2 is 2.19 bits per heavy atom. The molecule has 0 saturated carbocycles. The molecular weight excluding hydrogens is 350 g/mol. The summed E-state index contributed by atoms with van der Waals surface area (Å²) >= 11 is 1.41. The number of carbonyl (C=O) groups is 1. The molecule has 9 heteroatoms. The Bertz CT molecular complexity index is 994. The van der Waals surface area contributed by atoms with Crippen molar-refractivity contribution in [3.63, 3.8) is 0 Å². The Kier molecular flexibility index (Phi) is 4.18.